The number of anilines is 1. The SMILES string of the molecule is CCCCCN1C(=O)N(c2ccccc2)C(=O)[C@@H]1Cc1ccccc1. The lowest BCUT2D eigenvalue weighted by Crippen LogP contribution is -2.37. The summed E-state index contributed by atoms with van der Waals surface area (Å²) in [6.45, 7) is 2.76. The summed E-state index contributed by atoms with van der Waals surface area (Å²) >= 11 is 0. The summed E-state index contributed by atoms with van der Waals surface area (Å²) in [5, 5.41) is 0. The van der Waals surface area contributed by atoms with Crippen LogP contribution in [-0.4, -0.2) is 29.4 Å². The van der Waals surface area contributed by atoms with Gasteiger partial charge in [-0.2, -0.15) is 0 Å². The molecule has 3 rings (SSSR count). The Morgan fingerprint density at radius 2 is 1.52 bits per heavy atom. The molecule has 25 heavy (non-hydrogen) atoms. The van der Waals surface area contributed by atoms with Crippen LogP contribution in [0.2, 0.25) is 0 Å². The van der Waals surface area contributed by atoms with Gasteiger partial charge in [-0.15, -0.1) is 0 Å². The number of hydrogen-bond acceptors (Lipinski definition) is 2. The first-order valence-electron chi connectivity index (χ1n) is 8.96. The summed E-state index contributed by atoms with van der Waals surface area (Å²) in [5.74, 6) is -0.128. The predicted octanol–water partition coefficient (Wildman–Crippen LogP) is 4.26. The maximum atomic E-state index is 13.0. The molecule has 2 aromatic carbocycles. The normalized spacial score (nSPS) is 17.4. The number of nitrogens with zero attached hydrogens (tertiary/aromatic N) is 2. The highest BCUT2D eigenvalue weighted by Crippen LogP contribution is 2.27. The van der Waals surface area contributed by atoms with Gasteiger partial charge < -0.3 is 4.90 Å². The molecule has 0 aromatic heterocycles. The Balaban J connectivity index is 1.86. The molecule has 0 radical (unpaired) electrons. The number of urea groups is 1. The van der Waals surface area contributed by atoms with E-state index >= 15 is 0 Å². The monoisotopic (exact) mass is 336 g/mol. The quantitative estimate of drug-likeness (QED) is 0.560. The van der Waals surface area contributed by atoms with Crippen LogP contribution in [0.15, 0.2) is 60.7 Å². The van der Waals surface area contributed by atoms with E-state index in [9.17, 15) is 9.59 Å². The zero-order chi connectivity index (χ0) is 17.6. The van der Waals surface area contributed by atoms with Gasteiger partial charge in [0.2, 0.25) is 0 Å². The topological polar surface area (TPSA) is 40.6 Å². The molecule has 0 spiro atoms. The number of para-hydroxylation sites is 1. The second kappa shape index (κ2) is 7.97. The minimum absolute atomic E-state index is 0.128. The summed E-state index contributed by atoms with van der Waals surface area (Å²) in [4.78, 5) is 29.1. The number of benzene rings is 2. The van der Waals surface area contributed by atoms with Crippen molar-refractivity contribution in [2.45, 2.75) is 38.6 Å². The molecule has 0 bridgehead atoms. The van der Waals surface area contributed by atoms with E-state index in [2.05, 4.69) is 6.92 Å². The van der Waals surface area contributed by atoms with Crippen LogP contribution in [0.1, 0.15) is 31.7 Å². The highest BCUT2D eigenvalue weighted by molar-refractivity contribution is 6.21. The van der Waals surface area contributed by atoms with Crippen molar-refractivity contribution in [2.75, 3.05) is 11.4 Å². The molecule has 1 aliphatic heterocycles. The summed E-state index contributed by atoms with van der Waals surface area (Å²) in [7, 11) is 0. The van der Waals surface area contributed by atoms with Crippen LogP contribution in [-0.2, 0) is 11.2 Å². The van der Waals surface area contributed by atoms with Gasteiger partial charge in [0, 0.05) is 13.0 Å². The average Bonchev–Trinajstić information content (AvgIpc) is 2.87. The second-order valence-electron chi connectivity index (χ2n) is 6.40. The van der Waals surface area contributed by atoms with E-state index in [1.54, 1.807) is 4.90 Å². The smallest absolute Gasteiger partial charge is 0.312 e. The minimum atomic E-state index is -0.424. The molecule has 0 saturated carbocycles. The van der Waals surface area contributed by atoms with Crippen molar-refractivity contribution in [3.8, 4) is 0 Å². The van der Waals surface area contributed by atoms with Gasteiger partial charge in [0.1, 0.15) is 6.04 Å². The number of rotatable bonds is 7. The molecule has 1 aliphatic rings. The van der Waals surface area contributed by atoms with Crippen LogP contribution >= 0.6 is 0 Å². The van der Waals surface area contributed by atoms with Gasteiger partial charge in [0.05, 0.1) is 5.69 Å². The molecule has 1 saturated heterocycles. The van der Waals surface area contributed by atoms with Crippen molar-refractivity contribution in [1.29, 1.82) is 0 Å². The number of amides is 3. The van der Waals surface area contributed by atoms with Crippen LogP contribution in [0.3, 0.4) is 0 Å². The maximum absolute atomic E-state index is 13.0. The molecule has 1 fully saturated rings. The van der Waals surface area contributed by atoms with E-state index in [1.165, 1.54) is 4.90 Å². The molecule has 4 nitrogen and oxygen atoms in total. The lowest BCUT2D eigenvalue weighted by Gasteiger charge is -2.21. The summed E-state index contributed by atoms with van der Waals surface area (Å²) in [6.07, 6.45) is 3.62. The maximum Gasteiger partial charge on any atom is 0.332 e. The Bertz CT molecular complexity index is 715. The fraction of sp³-hybridized carbons (Fsp3) is 0.333. The van der Waals surface area contributed by atoms with Gasteiger partial charge in [-0.05, 0) is 24.1 Å². The zero-order valence-electron chi connectivity index (χ0n) is 14.6. The highest BCUT2D eigenvalue weighted by Gasteiger charge is 2.45. The van der Waals surface area contributed by atoms with E-state index in [1.807, 2.05) is 60.7 Å². The molecule has 0 unspecified atom stereocenters. The molecule has 2 aromatic rings. The number of unbranched alkanes of at least 4 members (excludes halogenated alkanes) is 2. The van der Waals surface area contributed by atoms with Gasteiger partial charge in [-0.3, -0.25) is 4.79 Å². The molecular weight excluding hydrogens is 312 g/mol. The zero-order valence-corrected chi connectivity index (χ0v) is 14.6. The second-order valence-corrected chi connectivity index (χ2v) is 6.40. The van der Waals surface area contributed by atoms with Gasteiger partial charge >= 0.3 is 6.03 Å². The van der Waals surface area contributed by atoms with Crippen LogP contribution in [0, 0.1) is 0 Å². The fourth-order valence-corrected chi connectivity index (χ4v) is 3.27. The van der Waals surface area contributed by atoms with Crippen molar-refractivity contribution in [3.63, 3.8) is 0 Å². The lowest BCUT2D eigenvalue weighted by atomic mass is 10.0. The van der Waals surface area contributed by atoms with Crippen molar-refractivity contribution < 1.29 is 9.59 Å². The van der Waals surface area contributed by atoms with Gasteiger partial charge in [-0.1, -0.05) is 68.3 Å². The van der Waals surface area contributed by atoms with Crippen molar-refractivity contribution in [3.05, 3.63) is 66.2 Å². The van der Waals surface area contributed by atoms with Gasteiger partial charge in [-0.25, -0.2) is 9.69 Å². The van der Waals surface area contributed by atoms with Crippen LogP contribution < -0.4 is 4.90 Å². The number of hydrogen-bond donors (Lipinski definition) is 0. The van der Waals surface area contributed by atoms with Gasteiger partial charge in [0.25, 0.3) is 5.91 Å². The Morgan fingerprint density at radius 3 is 2.16 bits per heavy atom. The Kier molecular flexibility index (Phi) is 5.49. The van der Waals surface area contributed by atoms with Gasteiger partial charge in [0.15, 0.2) is 0 Å². The Morgan fingerprint density at radius 1 is 0.880 bits per heavy atom. The molecule has 0 N–H and O–H groups in total. The molecule has 3 amide bonds. The van der Waals surface area contributed by atoms with Crippen molar-refractivity contribution >= 4 is 17.6 Å². The molecule has 4 heteroatoms. The summed E-state index contributed by atoms with van der Waals surface area (Å²) < 4.78 is 0. The third kappa shape index (κ3) is 3.73. The van der Waals surface area contributed by atoms with E-state index in [4.69, 9.17) is 0 Å². The first-order valence-corrected chi connectivity index (χ1v) is 8.96. The molecule has 1 atom stereocenters. The minimum Gasteiger partial charge on any atom is -0.312 e. The van der Waals surface area contributed by atoms with Crippen molar-refractivity contribution in [1.82, 2.24) is 4.90 Å². The van der Waals surface area contributed by atoms with E-state index in [0.29, 0.717) is 18.7 Å². The Labute approximate surface area is 149 Å². The fourth-order valence-electron chi connectivity index (χ4n) is 3.27. The van der Waals surface area contributed by atoms with E-state index in [0.717, 1.165) is 24.8 Å². The molecule has 0 aliphatic carbocycles. The van der Waals surface area contributed by atoms with E-state index in [-0.39, 0.29) is 11.9 Å². The molecule has 130 valence electrons. The summed E-state index contributed by atoms with van der Waals surface area (Å²) in [6, 6.07) is 18.5. The number of carbonyl (C=O) groups excluding carboxylic acids is 2. The summed E-state index contributed by atoms with van der Waals surface area (Å²) in [5.41, 5.74) is 1.72. The van der Waals surface area contributed by atoms with Crippen molar-refractivity contribution in [2.24, 2.45) is 0 Å². The van der Waals surface area contributed by atoms with Crippen LogP contribution in [0.5, 0.6) is 0 Å². The third-order valence-electron chi connectivity index (χ3n) is 4.61. The number of carbonyl (C=O) groups is 2. The van der Waals surface area contributed by atoms with Crippen LogP contribution in [0.25, 0.3) is 0 Å². The highest BCUT2D eigenvalue weighted by atomic mass is 16.2. The standard InChI is InChI=1S/C21H24N2O2/c1-2-3-10-15-22-19(16-17-11-6-4-7-12-17)20(24)23(21(22)25)18-13-8-5-9-14-18/h4-9,11-14,19H,2-3,10,15-16H2,1H3/t19-/m0/s1. The predicted molar refractivity (Wildman–Crippen MR) is 99.5 cm³/mol. The molecular formula is C21H24N2O2. The Hall–Kier alpha value is -2.62. The van der Waals surface area contributed by atoms with Crippen LogP contribution in [0.4, 0.5) is 10.5 Å². The third-order valence-corrected chi connectivity index (χ3v) is 4.61. The van der Waals surface area contributed by atoms with E-state index < -0.39 is 6.04 Å². The first kappa shape index (κ1) is 17.2. The largest absolute Gasteiger partial charge is 0.332 e. The number of imide groups is 1. The first-order chi connectivity index (χ1) is 12.2. The average molecular weight is 336 g/mol. The lowest BCUT2D eigenvalue weighted by molar-refractivity contribution is -0.119. The molecule has 1 heterocycles.